The number of rotatable bonds is 0. The maximum Gasteiger partial charge on any atom is 0.149 e. The van der Waals surface area contributed by atoms with Crippen LogP contribution in [0.25, 0.3) is 0 Å². The fourth-order valence-electron chi connectivity index (χ4n) is 7.52. The van der Waals surface area contributed by atoms with Crippen molar-refractivity contribution in [2.45, 2.75) is 130 Å². The lowest BCUT2D eigenvalue weighted by atomic mass is 9.79. The van der Waals surface area contributed by atoms with Crippen molar-refractivity contribution in [3.63, 3.8) is 0 Å². The van der Waals surface area contributed by atoms with Crippen LogP contribution in [0.15, 0.2) is 60.7 Å². The Morgan fingerprint density at radius 1 is 0.393 bits per heavy atom. The van der Waals surface area contributed by atoms with Gasteiger partial charge in [0.05, 0.1) is 0 Å². The van der Waals surface area contributed by atoms with Gasteiger partial charge in [-0.25, -0.2) is 0 Å². The molecule has 4 heteroatoms. The number of aromatic hydroxyl groups is 2. The highest BCUT2D eigenvalue weighted by Crippen LogP contribution is 2.43. The van der Waals surface area contributed by atoms with Crippen molar-refractivity contribution in [1.29, 1.82) is 0 Å². The Morgan fingerprint density at radius 3 is 0.857 bits per heavy atom. The summed E-state index contributed by atoms with van der Waals surface area (Å²) in [6, 6.07) is 17.6. The van der Waals surface area contributed by atoms with Crippen LogP contribution >= 0.6 is 0 Å². The van der Waals surface area contributed by atoms with Gasteiger partial charge in [-0.05, 0) is 101 Å². The largest absolute Gasteiger partial charge is 0.507 e. The van der Waals surface area contributed by atoms with Crippen molar-refractivity contribution in [3.8, 4) is 46.7 Å². The van der Waals surface area contributed by atoms with Gasteiger partial charge in [-0.2, -0.15) is 0 Å². The number of phenolic OH excluding ortho intramolecular Hbond substituents is 2. The van der Waals surface area contributed by atoms with Crippen molar-refractivity contribution in [3.05, 3.63) is 127 Å². The first-order chi connectivity index (χ1) is 26.1. The highest BCUT2D eigenvalue weighted by atomic mass is 16.5. The van der Waals surface area contributed by atoms with Crippen LogP contribution in [-0.2, 0) is 47.3 Å². The first-order valence-electron chi connectivity index (χ1n) is 20.0. The van der Waals surface area contributed by atoms with E-state index in [4.69, 9.17) is 9.47 Å². The molecular formula is C52H60O4. The minimum Gasteiger partial charge on any atom is -0.507 e. The summed E-state index contributed by atoms with van der Waals surface area (Å²) in [5.41, 5.74) is 11.2. The lowest BCUT2D eigenvalue weighted by Crippen LogP contribution is -2.16. The van der Waals surface area contributed by atoms with E-state index in [0.717, 1.165) is 78.3 Å². The molecule has 2 aliphatic rings. The Hall–Kier alpha value is -5.06. The Morgan fingerprint density at radius 2 is 0.625 bits per heavy atom. The fraction of sp³-hybridized carbons (Fsp3) is 0.423. The highest BCUT2D eigenvalue weighted by Gasteiger charge is 2.28. The molecule has 1 aliphatic carbocycles. The lowest BCUT2D eigenvalue weighted by molar-refractivity contribution is 0.361. The molecule has 4 aromatic carbocycles. The molecule has 292 valence electrons. The second kappa shape index (κ2) is 15.1. The van der Waals surface area contributed by atoms with E-state index in [-0.39, 0.29) is 46.4 Å². The van der Waals surface area contributed by atoms with Gasteiger partial charge in [-0.15, -0.1) is 0 Å². The second-order valence-corrected chi connectivity index (χ2v) is 19.8. The standard InChI is InChI=1S/C52H60O4/c1-49(2,3)41-25-33-21-37-29-43(51(7,8)9)31-39-23-35-27-42(50(4,5)6)28-36(46(35)54)24-40-32-44(52(10,11)12)30-38(22-34(26-41)45(33)53)48(40)56-20-18-16-14-13-15-17-19-55-47(37)39/h13-14,25-32,53-54H,19-24H2,1-12H3/b14-13+. The summed E-state index contributed by atoms with van der Waals surface area (Å²) in [6.07, 6.45) is 5.29. The normalized spacial score (nSPS) is 15.3. The van der Waals surface area contributed by atoms with E-state index in [1.807, 2.05) is 0 Å². The molecule has 6 rings (SSSR count). The van der Waals surface area contributed by atoms with Crippen LogP contribution in [0.1, 0.15) is 150 Å². The van der Waals surface area contributed by atoms with Crippen LogP contribution in [0.2, 0.25) is 0 Å². The summed E-state index contributed by atoms with van der Waals surface area (Å²) in [5.74, 6) is 14.5. The highest BCUT2D eigenvalue weighted by molar-refractivity contribution is 5.59. The lowest BCUT2D eigenvalue weighted by Gasteiger charge is -2.28. The van der Waals surface area contributed by atoms with Crippen LogP contribution in [-0.4, -0.2) is 23.4 Å². The molecule has 0 unspecified atom stereocenters. The summed E-state index contributed by atoms with van der Waals surface area (Å²) in [5, 5.41) is 24.7. The molecule has 2 N–H and O–H groups in total. The van der Waals surface area contributed by atoms with Crippen molar-refractivity contribution >= 4 is 0 Å². The topological polar surface area (TPSA) is 58.9 Å². The molecule has 56 heavy (non-hydrogen) atoms. The average Bonchev–Trinajstić information content (AvgIpc) is 3.07. The van der Waals surface area contributed by atoms with E-state index >= 15 is 0 Å². The van der Waals surface area contributed by atoms with E-state index < -0.39 is 0 Å². The van der Waals surface area contributed by atoms with Gasteiger partial charge >= 0.3 is 0 Å². The summed E-state index contributed by atoms with van der Waals surface area (Å²) in [7, 11) is 0. The average molecular weight is 749 g/mol. The Kier molecular flexibility index (Phi) is 11.0. The monoisotopic (exact) mass is 748 g/mol. The number of hydrogen-bond donors (Lipinski definition) is 2. The number of fused-ring (bicyclic) bond motifs is 2. The Bertz CT molecular complexity index is 2060. The molecular weight excluding hydrogens is 689 g/mol. The van der Waals surface area contributed by atoms with Crippen LogP contribution in [0.4, 0.5) is 0 Å². The van der Waals surface area contributed by atoms with E-state index in [1.165, 1.54) is 0 Å². The van der Waals surface area contributed by atoms with Gasteiger partial charge in [0.2, 0.25) is 0 Å². The van der Waals surface area contributed by atoms with Gasteiger partial charge in [0, 0.05) is 25.7 Å². The number of hydrogen-bond acceptors (Lipinski definition) is 4. The van der Waals surface area contributed by atoms with Gasteiger partial charge < -0.3 is 19.7 Å². The molecule has 4 aromatic rings. The van der Waals surface area contributed by atoms with Gasteiger partial charge in [0.1, 0.15) is 36.2 Å². The van der Waals surface area contributed by atoms with Crippen molar-refractivity contribution < 1.29 is 19.7 Å². The zero-order valence-electron chi connectivity index (χ0n) is 35.7. The Balaban J connectivity index is 1.79. The van der Waals surface area contributed by atoms with E-state index in [0.29, 0.717) is 25.7 Å². The van der Waals surface area contributed by atoms with Crippen molar-refractivity contribution in [2.75, 3.05) is 13.2 Å². The zero-order valence-corrected chi connectivity index (χ0v) is 35.7. The van der Waals surface area contributed by atoms with Gasteiger partial charge in [-0.1, -0.05) is 155 Å². The summed E-state index contributed by atoms with van der Waals surface area (Å²) >= 11 is 0. The molecule has 1 aliphatic heterocycles. The van der Waals surface area contributed by atoms with Gasteiger partial charge in [0.15, 0.2) is 0 Å². The molecule has 0 saturated heterocycles. The number of ether oxygens (including phenoxy) is 2. The Labute approximate surface area is 336 Å². The predicted octanol–water partition coefficient (Wildman–Crippen LogP) is 11.3. The smallest absolute Gasteiger partial charge is 0.149 e. The number of benzene rings is 4. The van der Waals surface area contributed by atoms with Crippen molar-refractivity contribution in [1.82, 2.24) is 0 Å². The van der Waals surface area contributed by atoms with E-state index in [1.54, 1.807) is 12.2 Å². The zero-order chi connectivity index (χ0) is 40.8. The third-order valence-corrected chi connectivity index (χ3v) is 11.0. The summed E-state index contributed by atoms with van der Waals surface area (Å²) in [4.78, 5) is 0. The number of allylic oxidation sites excluding steroid dienone is 2. The maximum absolute atomic E-state index is 12.4. The molecule has 4 nitrogen and oxygen atoms in total. The molecule has 0 saturated carbocycles. The molecule has 0 fully saturated rings. The van der Waals surface area contributed by atoms with Crippen LogP contribution in [0, 0.1) is 23.7 Å². The van der Waals surface area contributed by atoms with Crippen molar-refractivity contribution in [2.24, 2.45) is 0 Å². The molecule has 10 bridgehead atoms. The minimum atomic E-state index is -0.175. The first-order valence-corrected chi connectivity index (χ1v) is 20.0. The molecule has 0 atom stereocenters. The van der Waals surface area contributed by atoms with Gasteiger partial charge in [-0.3, -0.25) is 0 Å². The quantitative estimate of drug-likeness (QED) is 0.155. The van der Waals surface area contributed by atoms with E-state index in [9.17, 15) is 10.2 Å². The predicted molar refractivity (Wildman–Crippen MR) is 231 cm³/mol. The molecule has 0 amide bonds. The number of phenols is 2. The second-order valence-electron chi connectivity index (χ2n) is 19.8. The summed E-state index contributed by atoms with van der Waals surface area (Å²) < 4.78 is 13.4. The first kappa shape index (κ1) is 40.6. The molecule has 1 heterocycles. The van der Waals surface area contributed by atoms with E-state index in [2.05, 4.69) is 155 Å². The summed E-state index contributed by atoms with van der Waals surface area (Å²) in [6.45, 7) is 27.0. The van der Waals surface area contributed by atoms with Crippen LogP contribution < -0.4 is 9.47 Å². The fourth-order valence-corrected chi connectivity index (χ4v) is 7.52. The van der Waals surface area contributed by atoms with Crippen LogP contribution in [0.3, 0.4) is 0 Å². The SMILES string of the molecule is CC(C)(C)c1cc2c(O)c(c1)Cc1cc(C(C)(C)C)cc3c1OCC#C/C=C/C#CCOc1c(cc(C(C)(C)C)cc1Cc1cc(C(C)(C)C)cc(c1O)C3)C2. The third kappa shape index (κ3) is 8.98. The maximum atomic E-state index is 12.4. The molecule has 0 spiro atoms. The van der Waals surface area contributed by atoms with Gasteiger partial charge in [0.25, 0.3) is 0 Å². The molecule has 0 radical (unpaired) electrons. The van der Waals surface area contributed by atoms with Crippen LogP contribution in [0.5, 0.6) is 23.0 Å². The molecule has 0 aromatic heterocycles. The third-order valence-electron chi connectivity index (χ3n) is 11.0. The minimum absolute atomic E-state index is 0.168.